The third kappa shape index (κ3) is 3.93. The first-order valence-electron chi connectivity index (χ1n) is 8.85. The predicted octanol–water partition coefficient (Wildman–Crippen LogP) is 3.54. The van der Waals surface area contributed by atoms with Gasteiger partial charge in [-0.2, -0.15) is 0 Å². The van der Waals surface area contributed by atoms with E-state index in [1.807, 2.05) is 30.3 Å². The lowest BCUT2D eigenvalue weighted by Crippen LogP contribution is -2.49. The van der Waals surface area contributed by atoms with Crippen LogP contribution in [0.5, 0.6) is 5.75 Å². The predicted molar refractivity (Wildman–Crippen MR) is 103 cm³/mol. The van der Waals surface area contributed by atoms with E-state index >= 15 is 0 Å². The molecule has 0 spiro atoms. The third-order valence-electron chi connectivity index (χ3n) is 5.29. The van der Waals surface area contributed by atoms with E-state index in [0.29, 0.717) is 36.7 Å². The van der Waals surface area contributed by atoms with E-state index in [1.165, 1.54) is 0 Å². The van der Waals surface area contributed by atoms with Gasteiger partial charge >= 0.3 is 5.97 Å². The number of nitrogens with zero attached hydrogens (tertiary/aromatic N) is 1. The van der Waals surface area contributed by atoms with Crippen molar-refractivity contribution in [2.75, 3.05) is 20.2 Å². The summed E-state index contributed by atoms with van der Waals surface area (Å²) in [5, 5.41) is 10.4. The highest BCUT2D eigenvalue weighted by Gasteiger charge is 2.43. The first kappa shape index (κ1) is 19.2. The highest BCUT2D eigenvalue weighted by molar-refractivity contribution is 6.30. The van der Waals surface area contributed by atoms with Gasteiger partial charge in [-0.3, -0.25) is 9.59 Å². The van der Waals surface area contributed by atoms with Crippen molar-refractivity contribution in [3.63, 3.8) is 0 Å². The summed E-state index contributed by atoms with van der Waals surface area (Å²) in [7, 11) is 1.55. The van der Waals surface area contributed by atoms with Gasteiger partial charge in [0.1, 0.15) is 5.75 Å². The minimum Gasteiger partial charge on any atom is -0.496 e. The van der Waals surface area contributed by atoms with Gasteiger partial charge in [-0.1, -0.05) is 41.9 Å². The second-order valence-electron chi connectivity index (χ2n) is 6.77. The molecule has 1 aliphatic rings. The Hall–Kier alpha value is -2.53. The number of amides is 1. The van der Waals surface area contributed by atoms with Crippen LogP contribution in [-0.4, -0.2) is 42.1 Å². The number of likely N-dealkylation sites (tertiary alicyclic amines) is 1. The van der Waals surface area contributed by atoms with E-state index in [9.17, 15) is 14.7 Å². The monoisotopic (exact) mass is 387 g/mol. The summed E-state index contributed by atoms with van der Waals surface area (Å²) in [4.78, 5) is 26.5. The molecule has 0 aliphatic carbocycles. The Morgan fingerprint density at radius 3 is 2.41 bits per heavy atom. The molecule has 0 atom stereocenters. The smallest absolute Gasteiger partial charge is 0.314 e. The number of carbonyl (C=O) groups excluding carboxylic acids is 1. The van der Waals surface area contributed by atoms with Crippen molar-refractivity contribution >= 4 is 23.5 Å². The number of carbonyl (C=O) groups is 2. The topological polar surface area (TPSA) is 66.8 Å². The maximum atomic E-state index is 12.7. The Kier molecular flexibility index (Phi) is 5.71. The summed E-state index contributed by atoms with van der Waals surface area (Å²) in [6, 6.07) is 14.5. The summed E-state index contributed by atoms with van der Waals surface area (Å²) >= 11 is 6.04. The quantitative estimate of drug-likeness (QED) is 0.852. The standard InChI is InChI=1S/C21H22ClNO4/c1-27-18-8-7-17(22)13-15(18)14-19(24)23-11-9-21(10-12-23,20(25)26)16-5-3-2-4-6-16/h2-8,13H,9-12,14H2,1H3,(H,25,26). The first-order valence-corrected chi connectivity index (χ1v) is 9.23. The van der Waals surface area contributed by atoms with E-state index in [4.69, 9.17) is 16.3 Å². The van der Waals surface area contributed by atoms with Crippen LogP contribution in [-0.2, 0) is 21.4 Å². The van der Waals surface area contributed by atoms with Crippen LogP contribution < -0.4 is 4.74 Å². The van der Waals surface area contributed by atoms with Crippen molar-refractivity contribution in [3.8, 4) is 5.75 Å². The molecule has 1 fully saturated rings. The molecule has 0 saturated carbocycles. The van der Waals surface area contributed by atoms with Crippen molar-refractivity contribution < 1.29 is 19.4 Å². The third-order valence-corrected chi connectivity index (χ3v) is 5.52. The Bertz CT molecular complexity index is 829. The van der Waals surface area contributed by atoms with E-state index in [-0.39, 0.29) is 12.3 Å². The van der Waals surface area contributed by atoms with Crippen molar-refractivity contribution in [1.29, 1.82) is 0 Å². The van der Waals surface area contributed by atoms with E-state index in [2.05, 4.69) is 0 Å². The number of benzene rings is 2. The molecule has 1 N–H and O–H groups in total. The SMILES string of the molecule is COc1ccc(Cl)cc1CC(=O)N1CCC(C(=O)O)(c2ccccc2)CC1. The lowest BCUT2D eigenvalue weighted by Gasteiger charge is -2.39. The molecule has 1 aliphatic heterocycles. The second kappa shape index (κ2) is 8.01. The minimum atomic E-state index is -0.939. The maximum Gasteiger partial charge on any atom is 0.314 e. The van der Waals surface area contributed by atoms with Crippen LogP contribution in [0.2, 0.25) is 5.02 Å². The van der Waals surface area contributed by atoms with E-state index < -0.39 is 11.4 Å². The van der Waals surface area contributed by atoms with Crippen LogP contribution in [0.25, 0.3) is 0 Å². The van der Waals surface area contributed by atoms with Gasteiger partial charge in [-0.25, -0.2) is 0 Å². The van der Waals surface area contributed by atoms with Gasteiger partial charge in [0.25, 0.3) is 0 Å². The zero-order valence-corrected chi connectivity index (χ0v) is 15.9. The number of carboxylic acids is 1. The fraction of sp³-hybridized carbons (Fsp3) is 0.333. The molecule has 142 valence electrons. The number of hydrogen-bond donors (Lipinski definition) is 1. The number of ether oxygens (including phenoxy) is 1. The van der Waals surface area contributed by atoms with Crippen LogP contribution in [0.15, 0.2) is 48.5 Å². The molecule has 1 amide bonds. The van der Waals surface area contributed by atoms with Crippen molar-refractivity contribution in [3.05, 3.63) is 64.7 Å². The van der Waals surface area contributed by atoms with Gasteiger partial charge in [0.2, 0.25) is 5.91 Å². The van der Waals surface area contributed by atoms with Crippen molar-refractivity contribution in [2.45, 2.75) is 24.7 Å². The molecule has 2 aromatic carbocycles. The van der Waals surface area contributed by atoms with Crippen LogP contribution >= 0.6 is 11.6 Å². The van der Waals surface area contributed by atoms with Gasteiger partial charge in [-0.15, -0.1) is 0 Å². The van der Waals surface area contributed by atoms with Gasteiger partial charge in [0.15, 0.2) is 0 Å². The molecule has 0 aromatic heterocycles. The Morgan fingerprint density at radius 2 is 1.81 bits per heavy atom. The van der Waals surface area contributed by atoms with Gasteiger partial charge in [-0.05, 0) is 36.6 Å². The molecular formula is C21H22ClNO4. The van der Waals surface area contributed by atoms with Gasteiger partial charge in [0, 0.05) is 23.7 Å². The molecule has 5 nitrogen and oxygen atoms in total. The molecule has 27 heavy (non-hydrogen) atoms. The Balaban J connectivity index is 1.72. The van der Waals surface area contributed by atoms with Crippen molar-refractivity contribution in [1.82, 2.24) is 4.90 Å². The largest absolute Gasteiger partial charge is 0.496 e. The summed E-state index contributed by atoms with van der Waals surface area (Å²) in [5.41, 5.74) is 0.584. The van der Waals surface area contributed by atoms with Gasteiger partial charge < -0.3 is 14.7 Å². The molecule has 0 radical (unpaired) electrons. The zero-order valence-electron chi connectivity index (χ0n) is 15.2. The van der Waals surface area contributed by atoms with Crippen LogP contribution in [0.4, 0.5) is 0 Å². The Morgan fingerprint density at radius 1 is 1.15 bits per heavy atom. The number of aliphatic carboxylic acids is 1. The first-order chi connectivity index (χ1) is 13.0. The fourth-order valence-electron chi connectivity index (χ4n) is 3.68. The van der Waals surface area contributed by atoms with E-state index in [0.717, 1.165) is 11.1 Å². The molecule has 2 aromatic rings. The normalized spacial score (nSPS) is 16.0. The lowest BCUT2D eigenvalue weighted by atomic mass is 9.73. The fourth-order valence-corrected chi connectivity index (χ4v) is 3.88. The molecule has 6 heteroatoms. The summed E-state index contributed by atoms with van der Waals surface area (Å²) in [6.45, 7) is 0.811. The number of methoxy groups -OCH3 is 1. The van der Waals surface area contributed by atoms with Crippen LogP contribution in [0.1, 0.15) is 24.0 Å². The van der Waals surface area contributed by atoms with Gasteiger partial charge in [0.05, 0.1) is 18.9 Å². The number of rotatable bonds is 5. The van der Waals surface area contributed by atoms with Crippen LogP contribution in [0.3, 0.4) is 0 Å². The minimum absolute atomic E-state index is 0.0531. The number of carboxylic acid groups (broad SMARTS) is 1. The molecule has 1 heterocycles. The summed E-state index contributed by atoms with van der Waals surface area (Å²) in [6.07, 6.45) is 0.963. The molecule has 0 bridgehead atoms. The molecule has 1 saturated heterocycles. The highest BCUT2D eigenvalue weighted by atomic mass is 35.5. The number of piperidine rings is 1. The summed E-state index contributed by atoms with van der Waals surface area (Å²) in [5.74, 6) is -0.270. The average Bonchev–Trinajstić information content (AvgIpc) is 2.68. The molecular weight excluding hydrogens is 366 g/mol. The molecule has 0 unspecified atom stereocenters. The zero-order chi connectivity index (χ0) is 19.4. The average molecular weight is 388 g/mol. The van der Waals surface area contributed by atoms with Crippen LogP contribution in [0, 0.1) is 0 Å². The second-order valence-corrected chi connectivity index (χ2v) is 7.20. The lowest BCUT2D eigenvalue weighted by molar-refractivity contribution is -0.148. The highest BCUT2D eigenvalue weighted by Crippen LogP contribution is 2.36. The van der Waals surface area contributed by atoms with Crippen molar-refractivity contribution in [2.24, 2.45) is 0 Å². The maximum absolute atomic E-state index is 12.7. The Labute approximate surface area is 163 Å². The number of hydrogen-bond acceptors (Lipinski definition) is 3. The number of halogens is 1. The van der Waals surface area contributed by atoms with E-state index in [1.54, 1.807) is 30.2 Å². The molecule has 3 rings (SSSR count). The summed E-state index contributed by atoms with van der Waals surface area (Å²) < 4.78 is 5.30.